The number of nitrogens with one attached hydrogen (secondary N) is 2. The molecule has 8 nitrogen and oxygen atoms in total. The normalized spacial score (nSPS) is 25.6. The van der Waals surface area contributed by atoms with E-state index in [4.69, 9.17) is 14.5 Å². The van der Waals surface area contributed by atoms with Gasteiger partial charge in [0.1, 0.15) is 17.4 Å². The van der Waals surface area contributed by atoms with Crippen molar-refractivity contribution in [3.05, 3.63) is 35.3 Å². The number of aromatic nitrogens is 2. The zero-order valence-corrected chi connectivity index (χ0v) is 18.9. The highest BCUT2D eigenvalue weighted by Crippen LogP contribution is 2.35. The van der Waals surface area contributed by atoms with Crippen molar-refractivity contribution in [1.29, 1.82) is 0 Å². The summed E-state index contributed by atoms with van der Waals surface area (Å²) < 4.78 is 25.2. The molecule has 0 spiro atoms. The van der Waals surface area contributed by atoms with Crippen molar-refractivity contribution in [2.24, 2.45) is 5.92 Å². The molecule has 2 unspecified atom stereocenters. The van der Waals surface area contributed by atoms with Crippen LogP contribution in [0.2, 0.25) is 0 Å². The molecule has 1 aromatic heterocycles. The van der Waals surface area contributed by atoms with Gasteiger partial charge in [0.25, 0.3) is 0 Å². The van der Waals surface area contributed by atoms with Gasteiger partial charge in [-0.1, -0.05) is 0 Å². The van der Waals surface area contributed by atoms with Gasteiger partial charge < -0.3 is 30.3 Å². The minimum atomic E-state index is -0.881. The maximum absolute atomic E-state index is 13.9. The molecule has 1 saturated heterocycles. The Hall–Kier alpha value is -2.33. The largest absolute Gasteiger partial charge is 0.507 e. The van der Waals surface area contributed by atoms with Crippen LogP contribution in [0.15, 0.2) is 18.2 Å². The molecule has 32 heavy (non-hydrogen) atoms. The van der Waals surface area contributed by atoms with E-state index in [1.54, 1.807) is 28.1 Å². The summed E-state index contributed by atoms with van der Waals surface area (Å²) in [7, 11) is 3.29. The molecule has 0 bridgehead atoms. The lowest BCUT2D eigenvalue weighted by atomic mass is 9.86. The SMILES string of the molecule is COC1Cc2nc(-c3cc(F)ccc3O)nc(N[C@@H]3CNC[C@H]3C(C)(C)O)c2CC1OC. The first-order valence-corrected chi connectivity index (χ1v) is 10.8. The van der Waals surface area contributed by atoms with Crippen LogP contribution in [0.1, 0.15) is 25.1 Å². The van der Waals surface area contributed by atoms with Gasteiger partial charge >= 0.3 is 0 Å². The van der Waals surface area contributed by atoms with Crippen LogP contribution in [0, 0.1) is 11.7 Å². The van der Waals surface area contributed by atoms with Gasteiger partial charge in [-0.3, -0.25) is 0 Å². The number of rotatable bonds is 6. The van der Waals surface area contributed by atoms with Crippen molar-refractivity contribution in [1.82, 2.24) is 15.3 Å². The molecule has 9 heteroatoms. The number of methoxy groups -OCH3 is 2. The third-order valence-corrected chi connectivity index (χ3v) is 6.56. The number of ether oxygens (including phenoxy) is 2. The van der Waals surface area contributed by atoms with E-state index in [2.05, 4.69) is 15.6 Å². The van der Waals surface area contributed by atoms with E-state index in [1.807, 2.05) is 0 Å². The van der Waals surface area contributed by atoms with Crippen molar-refractivity contribution < 1.29 is 24.1 Å². The van der Waals surface area contributed by atoms with Gasteiger partial charge in [-0.2, -0.15) is 0 Å². The van der Waals surface area contributed by atoms with Gasteiger partial charge in [-0.15, -0.1) is 0 Å². The molecule has 0 amide bonds. The first-order chi connectivity index (χ1) is 15.2. The molecule has 2 heterocycles. The van der Waals surface area contributed by atoms with Gasteiger partial charge in [0.2, 0.25) is 0 Å². The predicted molar refractivity (Wildman–Crippen MR) is 118 cm³/mol. The lowest BCUT2D eigenvalue weighted by Gasteiger charge is -2.34. The first kappa shape index (κ1) is 22.8. The van der Waals surface area contributed by atoms with Crippen LogP contribution < -0.4 is 10.6 Å². The predicted octanol–water partition coefficient (Wildman–Crippen LogP) is 1.89. The Balaban J connectivity index is 1.79. The number of fused-ring (bicyclic) bond motifs is 1. The minimum absolute atomic E-state index is 0.0346. The van der Waals surface area contributed by atoms with E-state index in [1.165, 1.54) is 18.2 Å². The van der Waals surface area contributed by atoms with Gasteiger partial charge in [0, 0.05) is 57.7 Å². The van der Waals surface area contributed by atoms with Crippen LogP contribution >= 0.6 is 0 Å². The van der Waals surface area contributed by atoms with Crippen LogP contribution in [-0.2, 0) is 22.3 Å². The molecule has 4 atom stereocenters. The van der Waals surface area contributed by atoms with E-state index in [0.29, 0.717) is 31.7 Å². The zero-order valence-electron chi connectivity index (χ0n) is 18.9. The van der Waals surface area contributed by atoms with Crippen molar-refractivity contribution in [3.63, 3.8) is 0 Å². The number of phenols is 1. The minimum Gasteiger partial charge on any atom is -0.507 e. The Morgan fingerprint density at radius 2 is 1.84 bits per heavy atom. The Labute approximate surface area is 187 Å². The Kier molecular flexibility index (Phi) is 6.35. The monoisotopic (exact) mass is 446 g/mol. The average Bonchev–Trinajstić information content (AvgIpc) is 3.23. The number of aliphatic hydroxyl groups is 1. The fraction of sp³-hybridized carbons (Fsp3) is 0.565. The fourth-order valence-corrected chi connectivity index (χ4v) is 4.71. The summed E-state index contributed by atoms with van der Waals surface area (Å²) in [6.45, 7) is 4.95. The van der Waals surface area contributed by atoms with Crippen molar-refractivity contribution in [2.75, 3.05) is 32.6 Å². The summed E-state index contributed by atoms with van der Waals surface area (Å²) in [5.41, 5.74) is 1.02. The Morgan fingerprint density at radius 1 is 1.12 bits per heavy atom. The number of halogens is 1. The second-order valence-electron chi connectivity index (χ2n) is 9.11. The molecule has 4 N–H and O–H groups in total. The maximum Gasteiger partial charge on any atom is 0.165 e. The van der Waals surface area contributed by atoms with E-state index >= 15 is 0 Å². The molecular formula is C23H31FN4O4. The first-order valence-electron chi connectivity index (χ1n) is 10.8. The lowest BCUT2D eigenvalue weighted by Crippen LogP contribution is -2.43. The summed E-state index contributed by atoms with van der Waals surface area (Å²) >= 11 is 0. The molecule has 2 aliphatic rings. The summed E-state index contributed by atoms with van der Waals surface area (Å²) in [6, 6.07) is 3.65. The molecule has 1 fully saturated rings. The standard InChI is InChI=1S/C23H31FN4O4/c1-23(2,30)15-10-25-11-17(15)27-21-13-8-19(31-3)20(32-4)9-16(13)26-22(28-21)14-7-12(24)5-6-18(14)29/h5-7,15,17,19-20,25,29-30H,8-11H2,1-4H3,(H,26,27,28)/t15-,17-,19?,20?/m1/s1. The highest BCUT2D eigenvalue weighted by atomic mass is 19.1. The number of hydrogen-bond donors (Lipinski definition) is 4. The van der Waals surface area contributed by atoms with Crippen molar-refractivity contribution >= 4 is 5.82 Å². The summed E-state index contributed by atoms with van der Waals surface area (Å²) in [4.78, 5) is 9.38. The van der Waals surface area contributed by atoms with Gasteiger partial charge in [0.15, 0.2) is 5.82 Å². The molecule has 1 aliphatic heterocycles. The third kappa shape index (κ3) is 4.43. The maximum atomic E-state index is 13.9. The molecule has 174 valence electrons. The molecule has 4 rings (SSSR count). The molecular weight excluding hydrogens is 415 g/mol. The van der Waals surface area contributed by atoms with Gasteiger partial charge in [-0.05, 0) is 32.0 Å². The van der Waals surface area contributed by atoms with Crippen LogP contribution in [0.25, 0.3) is 11.4 Å². The second kappa shape index (κ2) is 8.90. The Bertz CT molecular complexity index is 981. The number of anilines is 1. The molecule has 2 aromatic rings. The average molecular weight is 447 g/mol. The Morgan fingerprint density at radius 3 is 2.53 bits per heavy atom. The van der Waals surface area contributed by atoms with Crippen LogP contribution in [-0.4, -0.2) is 71.3 Å². The quantitative estimate of drug-likeness (QED) is 0.533. The van der Waals surface area contributed by atoms with E-state index < -0.39 is 11.4 Å². The van der Waals surface area contributed by atoms with Gasteiger partial charge in [-0.25, -0.2) is 14.4 Å². The molecule has 0 saturated carbocycles. The highest BCUT2D eigenvalue weighted by Gasteiger charge is 2.39. The molecule has 1 aromatic carbocycles. The summed E-state index contributed by atoms with van der Waals surface area (Å²) in [6.07, 6.45) is 0.719. The third-order valence-electron chi connectivity index (χ3n) is 6.56. The smallest absolute Gasteiger partial charge is 0.165 e. The molecule has 1 aliphatic carbocycles. The van der Waals surface area contributed by atoms with Crippen molar-refractivity contribution in [2.45, 2.75) is 50.5 Å². The molecule has 0 radical (unpaired) electrons. The van der Waals surface area contributed by atoms with Crippen molar-refractivity contribution in [3.8, 4) is 17.1 Å². The number of hydrogen-bond acceptors (Lipinski definition) is 8. The number of phenolic OH excluding ortho intramolecular Hbond substituents is 1. The summed E-state index contributed by atoms with van der Waals surface area (Å²) in [5.74, 6) is 0.230. The highest BCUT2D eigenvalue weighted by molar-refractivity contribution is 5.66. The zero-order chi connectivity index (χ0) is 23.0. The van der Waals surface area contributed by atoms with Gasteiger partial charge in [0.05, 0.1) is 29.1 Å². The number of nitrogens with zero attached hydrogens (tertiary/aromatic N) is 2. The van der Waals surface area contributed by atoms with Crippen LogP contribution in [0.3, 0.4) is 0 Å². The second-order valence-corrected chi connectivity index (χ2v) is 9.11. The van der Waals surface area contributed by atoms with Crippen LogP contribution in [0.4, 0.5) is 10.2 Å². The van der Waals surface area contributed by atoms with E-state index in [-0.39, 0.29) is 41.3 Å². The number of benzene rings is 1. The van der Waals surface area contributed by atoms with E-state index in [0.717, 1.165) is 11.3 Å². The van der Waals surface area contributed by atoms with Crippen LogP contribution in [0.5, 0.6) is 5.75 Å². The van der Waals surface area contributed by atoms with E-state index in [9.17, 15) is 14.6 Å². The summed E-state index contributed by atoms with van der Waals surface area (Å²) in [5, 5.41) is 27.8. The topological polar surface area (TPSA) is 109 Å². The fourth-order valence-electron chi connectivity index (χ4n) is 4.71. The lowest BCUT2D eigenvalue weighted by molar-refractivity contribution is -0.0404. The number of aromatic hydroxyl groups is 1.